The molecule has 0 unspecified atom stereocenters. The molecule has 33 heavy (non-hydrogen) atoms. The number of phenols is 1. The van der Waals surface area contributed by atoms with Gasteiger partial charge in [-0.2, -0.15) is 0 Å². The highest BCUT2D eigenvalue weighted by atomic mass is 16.5. The fraction of sp³-hybridized carbons (Fsp3) is 0.308. The SMILES string of the molecule is CCNC(=NCc1cccc(OCc2ccccn2)c1)N1CCN(c2ccccc2O)CC1. The van der Waals surface area contributed by atoms with Crippen molar-refractivity contribution in [2.75, 3.05) is 37.6 Å². The molecule has 0 amide bonds. The van der Waals surface area contributed by atoms with Gasteiger partial charge in [0.15, 0.2) is 5.96 Å². The second-order valence-corrected chi connectivity index (χ2v) is 7.89. The highest BCUT2D eigenvalue weighted by Crippen LogP contribution is 2.27. The third-order valence-electron chi connectivity index (χ3n) is 5.56. The van der Waals surface area contributed by atoms with Crippen LogP contribution in [0.1, 0.15) is 18.2 Å². The number of phenolic OH excluding ortho intramolecular Hbond substituents is 1. The maximum Gasteiger partial charge on any atom is 0.194 e. The van der Waals surface area contributed by atoms with Crippen molar-refractivity contribution in [2.24, 2.45) is 4.99 Å². The van der Waals surface area contributed by atoms with Crippen LogP contribution < -0.4 is 15.0 Å². The maximum absolute atomic E-state index is 10.2. The third-order valence-corrected chi connectivity index (χ3v) is 5.56. The van der Waals surface area contributed by atoms with E-state index in [0.717, 1.165) is 61.4 Å². The molecule has 1 aromatic heterocycles. The Hall–Kier alpha value is -3.74. The number of nitrogens with zero attached hydrogens (tertiary/aromatic N) is 4. The molecule has 0 radical (unpaired) electrons. The molecule has 1 fully saturated rings. The van der Waals surface area contributed by atoms with Gasteiger partial charge in [-0.3, -0.25) is 4.98 Å². The number of ether oxygens (including phenoxy) is 1. The second-order valence-electron chi connectivity index (χ2n) is 7.89. The van der Waals surface area contributed by atoms with Crippen molar-refractivity contribution in [3.8, 4) is 11.5 Å². The van der Waals surface area contributed by atoms with E-state index in [1.165, 1.54) is 0 Å². The average Bonchev–Trinajstić information content (AvgIpc) is 2.87. The van der Waals surface area contributed by atoms with Gasteiger partial charge in [-0.1, -0.05) is 30.3 Å². The number of piperazine rings is 1. The van der Waals surface area contributed by atoms with E-state index in [-0.39, 0.29) is 0 Å². The van der Waals surface area contributed by atoms with E-state index < -0.39 is 0 Å². The number of hydrogen-bond acceptors (Lipinski definition) is 5. The number of guanidine groups is 1. The topological polar surface area (TPSA) is 73.2 Å². The lowest BCUT2D eigenvalue weighted by atomic mass is 10.2. The lowest BCUT2D eigenvalue weighted by Crippen LogP contribution is -2.52. The number of para-hydroxylation sites is 2. The molecule has 0 spiro atoms. The minimum atomic E-state index is 0.330. The Bertz CT molecular complexity index is 1050. The zero-order chi connectivity index (χ0) is 22.9. The zero-order valence-corrected chi connectivity index (χ0v) is 19.0. The van der Waals surface area contributed by atoms with Crippen LogP contribution in [-0.4, -0.2) is 53.7 Å². The summed E-state index contributed by atoms with van der Waals surface area (Å²) >= 11 is 0. The summed E-state index contributed by atoms with van der Waals surface area (Å²) in [5.41, 5.74) is 2.89. The number of pyridine rings is 1. The second kappa shape index (κ2) is 11.2. The highest BCUT2D eigenvalue weighted by Gasteiger charge is 2.21. The van der Waals surface area contributed by atoms with E-state index in [9.17, 15) is 5.11 Å². The van der Waals surface area contributed by atoms with Gasteiger partial charge in [-0.05, 0) is 48.9 Å². The van der Waals surface area contributed by atoms with Crippen molar-refractivity contribution in [2.45, 2.75) is 20.1 Å². The summed E-state index contributed by atoms with van der Waals surface area (Å²) in [7, 11) is 0. The van der Waals surface area contributed by atoms with Gasteiger partial charge in [0.25, 0.3) is 0 Å². The smallest absolute Gasteiger partial charge is 0.194 e. The molecular formula is C26H31N5O2. The van der Waals surface area contributed by atoms with Gasteiger partial charge in [-0.15, -0.1) is 0 Å². The van der Waals surface area contributed by atoms with Gasteiger partial charge in [0.05, 0.1) is 17.9 Å². The Morgan fingerprint density at radius 2 is 1.85 bits per heavy atom. The largest absolute Gasteiger partial charge is 0.506 e. The minimum absolute atomic E-state index is 0.330. The van der Waals surface area contributed by atoms with Gasteiger partial charge >= 0.3 is 0 Å². The summed E-state index contributed by atoms with van der Waals surface area (Å²) in [4.78, 5) is 13.7. The summed E-state index contributed by atoms with van der Waals surface area (Å²) in [5.74, 6) is 2.06. The Morgan fingerprint density at radius 1 is 1.03 bits per heavy atom. The van der Waals surface area contributed by atoms with Crippen LogP contribution in [0.15, 0.2) is 77.9 Å². The van der Waals surface area contributed by atoms with Crippen LogP contribution >= 0.6 is 0 Å². The van der Waals surface area contributed by atoms with Crippen molar-refractivity contribution < 1.29 is 9.84 Å². The van der Waals surface area contributed by atoms with Crippen LogP contribution in [0.4, 0.5) is 5.69 Å². The quantitative estimate of drug-likeness (QED) is 0.427. The predicted octanol–water partition coefficient (Wildman–Crippen LogP) is 3.65. The fourth-order valence-corrected chi connectivity index (χ4v) is 3.86. The summed E-state index contributed by atoms with van der Waals surface area (Å²) in [5, 5.41) is 13.6. The van der Waals surface area contributed by atoms with Crippen molar-refractivity contribution in [3.05, 3.63) is 84.2 Å². The minimum Gasteiger partial charge on any atom is -0.506 e. The first-order chi connectivity index (χ1) is 16.2. The highest BCUT2D eigenvalue weighted by molar-refractivity contribution is 5.80. The first kappa shape index (κ1) is 22.5. The molecule has 0 atom stereocenters. The molecule has 3 aromatic rings. The molecule has 172 valence electrons. The van der Waals surface area contributed by atoms with Crippen molar-refractivity contribution >= 4 is 11.6 Å². The van der Waals surface area contributed by atoms with Crippen LogP contribution in [0, 0.1) is 0 Å². The summed E-state index contributed by atoms with van der Waals surface area (Å²) in [6.45, 7) is 7.25. The number of aliphatic imine (C=N–C) groups is 1. The summed E-state index contributed by atoms with van der Waals surface area (Å²) < 4.78 is 5.90. The lowest BCUT2D eigenvalue weighted by Gasteiger charge is -2.37. The van der Waals surface area contributed by atoms with Crippen molar-refractivity contribution in [3.63, 3.8) is 0 Å². The molecule has 2 heterocycles. The molecule has 0 bridgehead atoms. The normalized spacial score (nSPS) is 14.3. The van der Waals surface area contributed by atoms with Gasteiger partial charge in [-0.25, -0.2) is 4.99 Å². The Balaban J connectivity index is 1.36. The molecule has 0 saturated carbocycles. The maximum atomic E-state index is 10.2. The van der Waals surface area contributed by atoms with Crippen LogP contribution in [0.25, 0.3) is 0 Å². The van der Waals surface area contributed by atoms with Gasteiger partial charge in [0.1, 0.15) is 18.1 Å². The number of rotatable bonds is 7. The molecule has 4 rings (SSSR count). The van der Waals surface area contributed by atoms with Crippen molar-refractivity contribution in [1.82, 2.24) is 15.2 Å². The number of nitrogens with one attached hydrogen (secondary N) is 1. The molecular weight excluding hydrogens is 414 g/mol. The van der Waals surface area contributed by atoms with Crippen LogP contribution in [0.5, 0.6) is 11.5 Å². The number of aromatic nitrogens is 1. The van der Waals surface area contributed by atoms with Crippen LogP contribution in [0.2, 0.25) is 0 Å². The Kier molecular flexibility index (Phi) is 7.64. The first-order valence-corrected chi connectivity index (χ1v) is 11.4. The van der Waals surface area contributed by atoms with E-state index >= 15 is 0 Å². The number of anilines is 1. The first-order valence-electron chi connectivity index (χ1n) is 11.4. The molecule has 7 nitrogen and oxygen atoms in total. The summed E-state index contributed by atoms with van der Waals surface area (Å²) in [6, 6.07) is 21.4. The lowest BCUT2D eigenvalue weighted by molar-refractivity contribution is 0.301. The Morgan fingerprint density at radius 3 is 2.61 bits per heavy atom. The Labute approximate surface area is 195 Å². The van der Waals surface area contributed by atoms with Crippen LogP contribution in [0.3, 0.4) is 0 Å². The van der Waals surface area contributed by atoms with E-state index in [4.69, 9.17) is 9.73 Å². The molecule has 1 saturated heterocycles. The van der Waals surface area contributed by atoms with Gasteiger partial charge < -0.3 is 25.0 Å². The average molecular weight is 446 g/mol. The van der Waals surface area contributed by atoms with E-state index in [2.05, 4.69) is 33.1 Å². The standard InChI is InChI=1S/C26H31N5O2/c1-2-27-26(31-16-14-30(15-17-31)24-11-3-4-12-25(24)32)29-19-21-8-7-10-23(18-21)33-20-22-9-5-6-13-28-22/h3-13,18,32H,2,14-17,19-20H2,1H3,(H,27,29). The van der Waals surface area contributed by atoms with Crippen molar-refractivity contribution in [1.29, 1.82) is 0 Å². The predicted molar refractivity (Wildman–Crippen MR) is 132 cm³/mol. The van der Waals surface area contributed by atoms with Gasteiger partial charge in [0.2, 0.25) is 0 Å². The number of hydrogen-bond donors (Lipinski definition) is 2. The monoisotopic (exact) mass is 445 g/mol. The molecule has 7 heteroatoms. The molecule has 1 aliphatic rings. The zero-order valence-electron chi connectivity index (χ0n) is 19.0. The number of benzene rings is 2. The third kappa shape index (κ3) is 6.16. The van der Waals surface area contributed by atoms with E-state index in [1.54, 1.807) is 12.3 Å². The molecule has 0 aliphatic carbocycles. The van der Waals surface area contributed by atoms with Crippen LogP contribution in [-0.2, 0) is 13.2 Å². The number of aromatic hydroxyl groups is 1. The molecule has 1 aliphatic heterocycles. The van der Waals surface area contributed by atoms with E-state index in [1.807, 2.05) is 54.6 Å². The molecule has 2 aromatic carbocycles. The van der Waals surface area contributed by atoms with E-state index in [0.29, 0.717) is 18.9 Å². The molecule has 2 N–H and O–H groups in total. The fourth-order valence-electron chi connectivity index (χ4n) is 3.86. The van der Waals surface area contributed by atoms with Gasteiger partial charge in [0, 0.05) is 38.9 Å². The summed E-state index contributed by atoms with van der Waals surface area (Å²) in [6.07, 6.45) is 1.77.